The molecule has 0 bridgehead atoms. The predicted molar refractivity (Wildman–Crippen MR) is 85.3 cm³/mol. The minimum Gasteiger partial charge on any atom is -0.396 e. The Balaban J connectivity index is 1.80. The molecule has 0 spiro atoms. The maximum Gasteiger partial charge on any atom is 0.238 e. The molecule has 4 nitrogen and oxygen atoms in total. The Kier molecular flexibility index (Phi) is 5.37. The number of nitrogens with zero attached hydrogens (tertiary/aromatic N) is 1. The van der Waals surface area contributed by atoms with Crippen LogP contribution in [0, 0.1) is 12.3 Å². The normalized spacial score (nSPS) is 18.4. The number of aliphatic hydroxyl groups is 1. The summed E-state index contributed by atoms with van der Waals surface area (Å²) in [6.45, 7) is 6.62. The van der Waals surface area contributed by atoms with Gasteiger partial charge in [0.25, 0.3) is 0 Å². The van der Waals surface area contributed by atoms with Crippen LogP contribution >= 0.6 is 0 Å². The van der Waals surface area contributed by atoms with Crippen molar-refractivity contribution in [3.05, 3.63) is 29.8 Å². The highest BCUT2D eigenvalue weighted by atomic mass is 16.3. The number of hydrogen-bond donors (Lipinski definition) is 2. The molecular weight excluding hydrogens is 264 g/mol. The van der Waals surface area contributed by atoms with Gasteiger partial charge in [-0.25, -0.2) is 0 Å². The van der Waals surface area contributed by atoms with E-state index in [2.05, 4.69) is 17.1 Å². The molecule has 0 saturated carbocycles. The molecule has 0 aliphatic carbocycles. The van der Waals surface area contributed by atoms with Gasteiger partial charge in [0.1, 0.15) is 0 Å². The van der Waals surface area contributed by atoms with Gasteiger partial charge < -0.3 is 10.4 Å². The molecule has 1 heterocycles. The van der Waals surface area contributed by atoms with Gasteiger partial charge in [-0.15, -0.1) is 0 Å². The van der Waals surface area contributed by atoms with Crippen LogP contribution in [0.15, 0.2) is 24.3 Å². The Hall–Kier alpha value is -1.39. The number of carbonyl (C=O) groups excluding carboxylic acids is 1. The first-order valence-corrected chi connectivity index (χ1v) is 7.77. The van der Waals surface area contributed by atoms with Crippen LogP contribution in [0.1, 0.15) is 31.7 Å². The number of anilines is 1. The Morgan fingerprint density at radius 3 is 2.43 bits per heavy atom. The summed E-state index contributed by atoms with van der Waals surface area (Å²) < 4.78 is 0. The Morgan fingerprint density at radius 2 is 1.90 bits per heavy atom. The van der Waals surface area contributed by atoms with Gasteiger partial charge in [0.2, 0.25) is 5.91 Å². The molecule has 0 atom stereocenters. The minimum atomic E-state index is 0.0341. The number of piperidine rings is 1. The molecule has 1 aromatic rings. The second-order valence-corrected chi connectivity index (χ2v) is 6.20. The number of rotatable bonds is 5. The SMILES string of the molecule is CCC1(CO)CCN(CC(=O)Nc2ccc(C)cc2)CC1. The molecule has 1 amide bonds. The van der Waals surface area contributed by atoms with Gasteiger partial charge in [-0.3, -0.25) is 9.69 Å². The molecule has 0 radical (unpaired) electrons. The van der Waals surface area contributed by atoms with Crippen molar-refractivity contribution in [1.29, 1.82) is 0 Å². The zero-order valence-electron chi connectivity index (χ0n) is 13.1. The van der Waals surface area contributed by atoms with Gasteiger partial charge in [-0.2, -0.15) is 0 Å². The third kappa shape index (κ3) is 4.29. The quantitative estimate of drug-likeness (QED) is 0.875. The summed E-state index contributed by atoms with van der Waals surface area (Å²) in [7, 11) is 0. The molecule has 0 aromatic heterocycles. The Morgan fingerprint density at radius 1 is 1.29 bits per heavy atom. The van der Waals surface area contributed by atoms with Crippen molar-refractivity contribution >= 4 is 11.6 Å². The lowest BCUT2D eigenvalue weighted by atomic mass is 9.77. The fourth-order valence-electron chi connectivity index (χ4n) is 2.85. The van der Waals surface area contributed by atoms with Crippen molar-refractivity contribution in [2.75, 3.05) is 31.6 Å². The molecule has 1 aliphatic heterocycles. The number of aryl methyl sites for hydroxylation is 1. The summed E-state index contributed by atoms with van der Waals surface area (Å²) in [5.41, 5.74) is 2.11. The maximum absolute atomic E-state index is 12.1. The highest BCUT2D eigenvalue weighted by Gasteiger charge is 2.32. The van der Waals surface area contributed by atoms with Gasteiger partial charge >= 0.3 is 0 Å². The van der Waals surface area contributed by atoms with Crippen LogP contribution < -0.4 is 5.32 Å². The van der Waals surface area contributed by atoms with Gasteiger partial charge in [0.15, 0.2) is 0 Å². The van der Waals surface area contributed by atoms with E-state index in [-0.39, 0.29) is 17.9 Å². The Labute approximate surface area is 127 Å². The van der Waals surface area contributed by atoms with E-state index in [1.165, 1.54) is 5.56 Å². The first-order chi connectivity index (χ1) is 10.1. The molecule has 116 valence electrons. The lowest BCUT2D eigenvalue weighted by molar-refractivity contribution is -0.118. The zero-order chi connectivity index (χ0) is 15.3. The summed E-state index contributed by atoms with van der Waals surface area (Å²) in [4.78, 5) is 14.2. The van der Waals surface area contributed by atoms with Gasteiger partial charge in [0, 0.05) is 12.3 Å². The highest BCUT2D eigenvalue weighted by Crippen LogP contribution is 2.33. The van der Waals surface area contributed by atoms with Crippen LogP contribution in [0.4, 0.5) is 5.69 Å². The molecule has 2 rings (SSSR count). The van der Waals surface area contributed by atoms with Crippen LogP contribution in [0.5, 0.6) is 0 Å². The van der Waals surface area contributed by atoms with E-state index in [9.17, 15) is 9.90 Å². The van der Waals surface area contributed by atoms with E-state index in [0.717, 1.165) is 38.0 Å². The average Bonchev–Trinajstić information content (AvgIpc) is 2.51. The smallest absolute Gasteiger partial charge is 0.238 e. The standard InChI is InChI=1S/C17H26N2O2/c1-3-17(13-20)8-10-19(11-9-17)12-16(21)18-15-6-4-14(2)5-7-15/h4-7,20H,3,8-13H2,1-2H3,(H,18,21). The van der Waals surface area contributed by atoms with Crippen LogP contribution in [0.3, 0.4) is 0 Å². The fourth-order valence-corrected chi connectivity index (χ4v) is 2.85. The molecular formula is C17H26N2O2. The number of likely N-dealkylation sites (tertiary alicyclic amines) is 1. The number of nitrogens with one attached hydrogen (secondary N) is 1. The summed E-state index contributed by atoms with van der Waals surface area (Å²) in [6.07, 6.45) is 2.95. The number of aliphatic hydroxyl groups excluding tert-OH is 1. The monoisotopic (exact) mass is 290 g/mol. The summed E-state index contributed by atoms with van der Waals surface area (Å²) >= 11 is 0. The summed E-state index contributed by atoms with van der Waals surface area (Å²) in [5.74, 6) is 0.0341. The van der Waals surface area contributed by atoms with Crippen molar-refractivity contribution in [3.8, 4) is 0 Å². The summed E-state index contributed by atoms with van der Waals surface area (Å²) in [6, 6.07) is 7.84. The number of carbonyl (C=O) groups is 1. The first-order valence-electron chi connectivity index (χ1n) is 7.77. The maximum atomic E-state index is 12.1. The van der Waals surface area contributed by atoms with E-state index < -0.39 is 0 Å². The second kappa shape index (κ2) is 7.05. The third-order valence-corrected chi connectivity index (χ3v) is 4.70. The van der Waals surface area contributed by atoms with Gasteiger partial charge in [0.05, 0.1) is 6.54 Å². The van der Waals surface area contributed by atoms with Crippen LogP contribution in [0.2, 0.25) is 0 Å². The van der Waals surface area contributed by atoms with Crippen LogP contribution in [0.25, 0.3) is 0 Å². The van der Waals surface area contributed by atoms with E-state index in [1.807, 2.05) is 31.2 Å². The lowest BCUT2D eigenvalue weighted by Gasteiger charge is -2.39. The van der Waals surface area contributed by atoms with Gasteiger partial charge in [-0.05, 0) is 56.8 Å². The minimum absolute atomic E-state index is 0.0341. The third-order valence-electron chi connectivity index (χ3n) is 4.70. The molecule has 0 unspecified atom stereocenters. The van der Waals surface area contributed by atoms with Crippen LogP contribution in [-0.4, -0.2) is 42.2 Å². The molecule has 1 aliphatic rings. The molecule has 1 aromatic carbocycles. The van der Waals surface area contributed by atoms with Crippen molar-refractivity contribution in [2.45, 2.75) is 33.1 Å². The Bertz CT molecular complexity index is 456. The van der Waals surface area contributed by atoms with Gasteiger partial charge in [-0.1, -0.05) is 24.6 Å². The zero-order valence-corrected chi connectivity index (χ0v) is 13.1. The lowest BCUT2D eigenvalue weighted by Crippen LogP contribution is -2.44. The van der Waals surface area contributed by atoms with Crippen molar-refractivity contribution in [3.63, 3.8) is 0 Å². The predicted octanol–water partition coefficient (Wildman–Crippen LogP) is 2.42. The molecule has 2 N–H and O–H groups in total. The van der Waals surface area contributed by atoms with E-state index in [0.29, 0.717) is 6.54 Å². The van der Waals surface area contributed by atoms with Crippen molar-refractivity contribution in [2.24, 2.45) is 5.41 Å². The van der Waals surface area contributed by atoms with Crippen molar-refractivity contribution < 1.29 is 9.90 Å². The van der Waals surface area contributed by atoms with E-state index >= 15 is 0 Å². The topological polar surface area (TPSA) is 52.6 Å². The first kappa shape index (κ1) is 16.0. The number of amides is 1. The summed E-state index contributed by atoms with van der Waals surface area (Å²) in [5, 5.41) is 12.5. The average molecular weight is 290 g/mol. The molecule has 21 heavy (non-hydrogen) atoms. The molecule has 1 fully saturated rings. The molecule has 1 saturated heterocycles. The number of hydrogen-bond acceptors (Lipinski definition) is 3. The fraction of sp³-hybridized carbons (Fsp3) is 0.588. The molecule has 4 heteroatoms. The largest absolute Gasteiger partial charge is 0.396 e. The van der Waals surface area contributed by atoms with Crippen molar-refractivity contribution in [1.82, 2.24) is 4.90 Å². The highest BCUT2D eigenvalue weighted by molar-refractivity contribution is 5.92. The van der Waals surface area contributed by atoms with Crippen LogP contribution in [-0.2, 0) is 4.79 Å². The second-order valence-electron chi connectivity index (χ2n) is 6.20. The number of benzene rings is 1. The van der Waals surface area contributed by atoms with E-state index in [1.54, 1.807) is 0 Å². The van der Waals surface area contributed by atoms with E-state index in [4.69, 9.17) is 0 Å².